The van der Waals surface area contributed by atoms with Crippen LogP contribution in [0.15, 0.2) is 0 Å². The van der Waals surface area contributed by atoms with Crippen LogP contribution in [0.2, 0.25) is 0 Å². The fourth-order valence-electron chi connectivity index (χ4n) is 8.81. The average Bonchev–Trinajstić information content (AvgIpc) is 3.13. The van der Waals surface area contributed by atoms with Gasteiger partial charge in [0, 0.05) is 37.3 Å². The van der Waals surface area contributed by atoms with E-state index in [1.807, 2.05) is 20.8 Å². The van der Waals surface area contributed by atoms with Gasteiger partial charge in [-0.15, -0.1) is 0 Å². The van der Waals surface area contributed by atoms with Crippen molar-refractivity contribution in [2.45, 2.75) is 111 Å². The molecule has 5 rings (SSSR count). The minimum atomic E-state index is -0.574. The largest absolute Gasteiger partial charge is 0.462 e. The van der Waals surface area contributed by atoms with Crippen molar-refractivity contribution >= 4 is 23.6 Å². The summed E-state index contributed by atoms with van der Waals surface area (Å²) in [5.74, 6) is 1.16. The van der Waals surface area contributed by atoms with Crippen LogP contribution in [0.4, 0.5) is 4.79 Å². The monoisotopic (exact) mass is 515 g/mol. The van der Waals surface area contributed by atoms with Crippen molar-refractivity contribution in [2.75, 3.05) is 13.1 Å². The van der Waals surface area contributed by atoms with Gasteiger partial charge in [-0.05, 0) is 95.3 Å². The van der Waals surface area contributed by atoms with E-state index in [4.69, 9.17) is 9.47 Å². The summed E-state index contributed by atoms with van der Waals surface area (Å²) in [6, 6.07) is 0. The van der Waals surface area contributed by atoms with Gasteiger partial charge in [-0.2, -0.15) is 0 Å². The Morgan fingerprint density at radius 3 is 2.49 bits per heavy atom. The predicted molar refractivity (Wildman–Crippen MR) is 138 cm³/mol. The van der Waals surface area contributed by atoms with Crippen molar-refractivity contribution in [1.82, 2.24) is 4.90 Å². The van der Waals surface area contributed by atoms with Crippen LogP contribution in [0.5, 0.6) is 0 Å². The van der Waals surface area contributed by atoms with Crippen molar-refractivity contribution in [3.8, 4) is 0 Å². The molecule has 0 radical (unpaired) electrons. The summed E-state index contributed by atoms with van der Waals surface area (Å²) in [6.45, 7) is 10.9. The van der Waals surface area contributed by atoms with Crippen molar-refractivity contribution in [3.05, 3.63) is 0 Å². The van der Waals surface area contributed by atoms with E-state index in [1.165, 1.54) is 0 Å². The maximum atomic E-state index is 13.5. The van der Waals surface area contributed by atoms with Crippen molar-refractivity contribution in [1.29, 1.82) is 0 Å². The number of fused-ring (bicyclic) bond motifs is 5. The normalized spacial score (nSPS) is 41.9. The molecule has 1 amide bonds. The lowest BCUT2D eigenvalue weighted by molar-refractivity contribution is -0.173. The van der Waals surface area contributed by atoms with Crippen LogP contribution in [-0.4, -0.2) is 53.3 Å². The standard InChI is InChI=1S/C30H45NO6/c1-28(2,3)37-27(35)31-14-6-7-18(17-31)26(34)36-19-10-12-29(4)22-11-13-30(5)21(8-9-25(30)33)20(22)16-24(32)23(29)15-19/h18-23H,6-17H2,1-5H3/t18-,19?,20+,21+,22-,23?,29-,30+/m1/s1. The Balaban J connectivity index is 1.21. The SMILES string of the molecule is CC(C)(C)OC(=O)N1CCC[C@@H](C(=O)OC2CC[C@@]3(C)C(C2)C(=O)C[C@@H]2[C@H]3CC[C@]3(C)C(=O)CC[C@@H]23)C1. The molecular formula is C30H45NO6. The summed E-state index contributed by atoms with van der Waals surface area (Å²) in [7, 11) is 0. The molecule has 0 aromatic carbocycles. The molecule has 37 heavy (non-hydrogen) atoms. The van der Waals surface area contributed by atoms with Gasteiger partial charge < -0.3 is 14.4 Å². The summed E-state index contributed by atoms with van der Waals surface area (Å²) < 4.78 is 11.5. The van der Waals surface area contributed by atoms with E-state index in [2.05, 4.69) is 13.8 Å². The summed E-state index contributed by atoms with van der Waals surface area (Å²) >= 11 is 0. The number of hydrogen-bond donors (Lipinski definition) is 0. The van der Waals surface area contributed by atoms with Crippen molar-refractivity contribution in [3.63, 3.8) is 0 Å². The molecule has 1 saturated heterocycles. The van der Waals surface area contributed by atoms with Gasteiger partial charge >= 0.3 is 12.1 Å². The minimum absolute atomic E-state index is 0.0752. The number of amides is 1. The number of likely N-dealkylation sites (tertiary alicyclic amines) is 1. The topological polar surface area (TPSA) is 90.0 Å². The second-order valence-corrected chi connectivity index (χ2v) is 14.1. The number of Topliss-reactive ketones (excluding diaryl/α,β-unsaturated/α-hetero) is 2. The Bertz CT molecular complexity index is 970. The highest BCUT2D eigenvalue weighted by Crippen LogP contribution is 2.64. The Morgan fingerprint density at radius 1 is 1.00 bits per heavy atom. The Labute approximate surface area is 221 Å². The molecule has 8 atom stereocenters. The zero-order valence-electron chi connectivity index (χ0n) is 23.3. The molecule has 5 fully saturated rings. The third kappa shape index (κ3) is 4.73. The van der Waals surface area contributed by atoms with Gasteiger partial charge in [0.15, 0.2) is 0 Å². The molecular weight excluding hydrogens is 470 g/mol. The van der Waals surface area contributed by atoms with Crippen LogP contribution in [-0.2, 0) is 23.9 Å². The maximum absolute atomic E-state index is 13.5. The zero-order valence-corrected chi connectivity index (χ0v) is 23.3. The summed E-state index contributed by atoms with van der Waals surface area (Å²) in [5, 5.41) is 0. The number of carbonyl (C=O) groups is 4. The van der Waals surface area contributed by atoms with E-state index in [0.29, 0.717) is 68.1 Å². The van der Waals surface area contributed by atoms with Crippen molar-refractivity contribution < 1.29 is 28.7 Å². The molecule has 0 aromatic rings. The Hall–Kier alpha value is -1.92. The fraction of sp³-hybridized carbons (Fsp3) is 0.867. The van der Waals surface area contributed by atoms with Crippen LogP contribution >= 0.6 is 0 Å². The van der Waals surface area contributed by atoms with Gasteiger partial charge in [0.2, 0.25) is 0 Å². The molecule has 4 aliphatic carbocycles. The van der Waals surface area contributed by atoms with Gasteiger partial charge in [0.1, 0.15) is 23.3 Å². The molecule has 0 N–H and O–H groups in total. The molecule has 206 valence electrons. The molecule has 5 aliphatic rings. The lowest BCUT2D eigenvalue weighted by atomic mass is 9.45. The fourth-order valence-corrected chi connectivity index (χ4v) is 8.81. The highest BCUT2D eigenvalue weighted by atomic mass is 16.6. The summed E-state index contributed by atoms with van der Waals surface area (Å²) in [4.78, 5) is 53.5. The summed E-state index contributed by atoms with van der Waals surface area (Å²) in [5.41, 5.74) is -0.881. The minimum Gasteiger partial charge on any atom is -0.462 e. The van der Waals surface area contributed by atoms with Crippen molar-refractivity contribution in [2.24, 2.45) is 40.4 Å². The molecule has 1 aliphatic heterocycles. The van der Waals surface area contributed by atoms with E-state index in [-0.39, 0.29) is 40.8 Å². The quantitative estimate of drug-likeness (QED) is 0.462. The zero-order chi connectivity index (χ0) is 26.8. The first-order valence-corrected chi connectivity index (χ1v) is 14.6. The molecule has 2 unspecified atom stereocenters. The number of ketones is 2. The molecule has 0 aromatic heterocycles. The first-order chi connectivity index (χ1) is 17.3. The van der Waals surface area contributed by atoms with Crippen LogP contribution < -0.4 is 0 Å². The first-order valence-electron chi connectivity index (χ1n) is 14.6. The molecule has 4 saturated carbocycles. The maximum Gasteiger partial charge on any atom is 0.410 e. The number of ether oxygens (including phenoxy) is 2. The molecule has 7 nitrogen and oxygen atoms in total. The highest BCUT2D eigenvalue weighted by Gasteiger charge is 2.62. The van der Waals surface area contributed by atoms with E-state index >= 15 is 0 Å². The second-order valence-electron chi connectivity index (χ2n) is 14.1. The third-order valence-corrected chi connectivity index (χ3v) is 10.8. The Kier molecular flexibility index (Phi) is 6.76. The Morgan fingerprint density at radius 2 is 1.76 bits per heavy atom. The third-order valence-electron chi connectivity index (χ3n) is 10.8. The number of rotatable bonds is 2. The summed E-state index contributed by atoms with van der Waals surface area (Å²) in [6.07, 6.45) is 7.24. The van der Waals surface area contributed by atoms with E-state index < -0.39 is 5.60 Å². The van der Waals surface area contributed by atoms with E-state index in [9.17, 15) is 19.2 Å². The highest BCUT2D eigenvalue weighted by molar-refractivity contribution is 5.88. The smallest absolute Gasteiger partial charge is 0.410 e. The number of esters is 1. The van der Waals surface area contributed by atoms with Gasteiger partial charge in [-0.25, -0.2) is 4.79 Å². The number of nitrogens with zero attached hydrogens (tertiary/aromatic N) is 1. The molecule has 7 heteroatoms. The number of piperidine rings is 1. The van der Waals surface area contributed by atoms with Crippen LogP contribution in [0.1, 0.15) is 98.8 Å². The van der Waals surface area contributed by atoms with Crippen LogP contribution in [0, 0.1) is 40.4 Å². The van der Waals surface area contributed by atoms with Gasteiger partial charge in [0.05, 0.1) is 5.92 Å². The van der Waals surface area contributed by atoms with Crippen LogP contribution in [0.25, 0.3) is 0 Å². The van der Waals surface area contributed by atoms with E-state index in [0.717, 1.165) is 38.5 Å². The van der Waals surface area contributed by atoms with Gasteiger partial charge in [-0.3, -0.25) is 14.4 Å². The second kappa shape index (κ2) is 9.37. The van der Waals surface area contributed by atoms with E-state index in [1.54, 1.807) is 4.90 Å². The number of carbonyl (C=O) groups excluding carboxylic acids is 4. The lowest BCUT2D eigenvalue weighted by Gasteiger charge is -2.59. The first kappa shape index (κ1) is 26.7. The van der Waals surface area contributed by atoms with Gasteiger partial charge in [0.25, 0.3) is 0 Å². The average molecular weight is 516 g/mol. The lowest BCUT2D eigenvalue weighted by Crippen LogP contribution is -2.57. The molecule has 0 bridgehead atoms. The van der Waals surface area contributed by atoms with Crippen LogP contribution in [0.3, 0.4) is 0 Å². The number of hydrogen-bond acceptors (Lipinski definition) is 6. The molecule has 1 heterocycles. The van der Waals surface area contributed by atoms with Gasteiger partial charge in [-0.1, -0.05) is 13.8 Å². The molecule has 0 spiro atoms. The predicted octanol–water partition coefficient (Wildman–Crippen LogP) is 5.34.